The van der Waals surface area contributed by atoms with E-state index >= 15 is 0 Å². The maximum absolute atomic E-state index is 11.4. The number of carbonyl (C=O) groups excluding carboxylic acids is 1. The minimum atomic E-state index is -0.396. The van der Waals surface area contributed by atoms with Crippen LogP contribution in [0, 0.1) is 0 Å². The molecule has 6 heteroatoms. The number of halogens is 1. The number of nitrogens with one attached hydrogen (secondary N) is 1. The zero-order chi connectivity index (χ0) is 13.0. The molecule has 0 spiro atoms. The van der Waals surface area contributed by atoms with Crippen molar-refractivity contribution in [1.82, 2.24) is 4.98 Å². The van der Waals surface area contributed by atoms with Crippen molar-refractivity contribution in [2.75, 3.05) is 12.4 Å². The van der Waals surface area contributed by atoms with Crippen molar-refractivity contribution in [3.8, 4) is 0 Å². The summed E-state index contributed by atoms with van der Waals surface area (Å²) in [6.45, 7) is 0. The fourth-order valence-electron chi connectivity index (χ4n) is 1.39. The molecule has 2 aromatic rings. The number of oxazole rings is 1. The van der Waals surface area contributed by atoms with Crippen LogP contribution in [0.2, 0.25) is 0 Å². The predicted molar refractivity (Wildman–Crippen MR) is 67.1 cm³/mol. The second-order valence-electron chi connectivity index (χ2n) is 3.48. The standard InChI is InChI=1S/C12H11ClN2O3/c1-17-11(16)8-3-2-4-9(5-8)14-12-15-10(6-13)7-18-12/h2-5,7H,6H2,1H3,(H,14,15). The Bertz CT molecular complexity index is 554. The fraction of sp³-hybridized carbons (Fsp3) is 0.167. The van der Waals surface area contributed by atoms with Crippen molar-refractivity contribution < 1.29 is 13.9 Å². The van der Waals surface area contributed by atoms with E-state index < -0.39 is 5.97 Å². The van der Waals surface area contributed by atoms with E-state index in [-0.39, 0.29) is 5.88 Å². The van der Waals surface area contributed by atoms with Crippen LogP contribution in [0.5, 0.6) is 0 Å². The number of nitrogens with zero attached hydrogens (tertiary/aromatic N) is 1. The van der Waals surface area contributed by atoms with Crippen LogP contribution in [-0.4, -0.2) is 18.1 Å². The number of hydrogen-bond acceptors (Lipinski definition) is 5. The summed E-state index contributed by atoms with van der Waals surface area (Å²) in [5.41, 5.74) is 1.77. The molecule has 1 heterocycles. The van der Waals surface area contributed by atoms with E-state index in [9.17, 15) is 4.79 Å². The van der Waals surface area contributed by atoms with Crippen LogP contribution in [0.3, 0.4) is 0 Å². The van der Waals surface area contributed by atoms with Crippen LogP contribution >= 0.6 is 11.6 Å². The van der Waals surface area contributed by atoms with E-state index in [4.69, 9.17) is 16.0 Å². The van der Waals surface area contributed by atoms with Gasteiger partial charge in [0.25, 0.3) is 6.01 Å². The van der Waals surface area contributed by atoms with Gasteiger partial charge < -0.3 is 14.5 Å². The van der Waals surface area contributed by atoms with Gasteiger partial charge in [-0.1, -0.05) is 6.07 Å². The molecule has 0 amide bonds. The molecule has 18 heavy (non-hydrogen) atoms. The van der Waals surface area contributed by atoms with Crippen molar-refractivity contribution in [3.05, 3.63) is 41.8 Å². The first kappa shape index (κ1) is 12.4. The van der Waals surface area contributed by atoms with E-state index in [1.54, 1.807) is 24.3 Å². The monoisotopic (exact) mass is 266 g/mol. The summed E-state index contributed by atoms with van der Waals surface area (Å²) in [6, 6.07) is 7.16. The average Bonchev–Trinajstić information content (AvgIpc) is 2.86. The molecule has 0 radical (unpaired) electrons. The zero-order valence-corrected chi connectivity index (χ0v) is 10.4. The first-order valence-corrected chi connectivity index (χ1v) is 5.72. The lowest BCUT2D eigenvalue weighted by atomic mass is 10.2. The number of benzene rings is 1. The molecular weight excluding hydrogens is 256 g/mol. The highest BCUT2D eigenvalue weighted by Gasteiger charge is 2.07. The number of esters is 1. The number of ether oxygens (including phenoxy) is 1. The van der Waals surface area contributed by atoms with Gasteiger partial charge in [-0.05, 0) is 18.2 Å². The summed E-state index contributed by atoms with van der Waals surface area (Å²) in [4.78, 5) is 15.5. The Kier molecular flexibility index (Phi) is 3.84. The Balaban J connectivity index is 2.16. The first-order chi connectivity index (χ1) is 8.72. The maximum Gasteiger partial charge on any atom is 0.337 e. The quantitative estimate of drug-likeness (QED) is 0.681. The second-order valence-corrected chi connectivity index (χ2v) is 3.74. The number of hydrogen-bond donors (Lipinski definition) is 1. The van der Waals surface area contributed by atoms with Crippen molar-refractivity contribution in [1.29, 1.82) is 0 Å². The molecule has 0 saturated heterocycles. The largest absolute Gasteiger partial charge is 0.465 e. The Labute approximate surface area is 109 Å². The Morgan fingerprint density at radius 3 is 3.06 bits per heavy atom. The zero-order valence-electron chi connectivity index (χ0n) is 9.64. The van der Waals surface area contributed by atoms with Gasteiger partial charge in [-0.3, -0.25) is 0 Å². The van der Waals surface area contributed by atoms with Gasteiger partial charge in [-0.2, -0.15) is 4.98 Å². The molecule has 0 aliphatic heterocycles. The Hall–Kier alpha value is -2.01. The van der Waals surface area contributed by atoms with Gasteiger partial charge >= 0.3 is 5.97 Å². The summed E-state index contributed by atoms with van der Waals surface area (Å²) < 4.78 is 9.80. The van der Waals surface area contributed by atoms with E-state index in [0.29, 0.717) is 23.0 Å². The van der Waals surface area contributed by atoms with Crippen molar-refractivity contribution in [2.45, 2.75) is 5.88 Å². The van der Waals surface area contributed by atoms with E-state index in [2.05, 4.69) is 15.0 Å². The van der Waals surface area contributed by atoms with E-state index in [1.807, 2.05) is 0 Å². The highest BCUT2D eigenvalue weighted by atomic mass is 35.5. The van der Waals surface area contributed by atoms with Crippen LogP contribution in [0.25, 0.3) is 0 Å². The number of carbonyl (C=O) groups is 1. The van der Waals surface area contributed by atoms with Gasteiger partial charge in [0.15, 0.2) is 0 Å². The smallest absolute Gasteiger partial charge is 0.337 e. The SMILES string of the molecule is COC(=O)c1cccc(Nc2nc(CCl)co2)c1. The first-order valence-electron chi connectivity index (χ1n) is 5.18. The molecule has 0 unspecified atom stereocenters. The molecule has 0 saturated carbocycles. The lowest BCUT2D eigenvalue weighted by Gasteiger charge is -2.03. The molecule has 2 rings (SSSR count). The second kappa shape index (κ2) is 5.55. The van der Waals surface area contributed by atoms with Crippen LogP contribution in [0.4, 0.5) is 11.7 Å². The molecule has 1 aromatic carbocycles. The van der Waals surface area contributed by atoms with E-state index in [1.165, 1.54) is 13.4 Å². The number of aromatic nitrogens is 1. The van der Waals surface area contributed by atoms with Gasteiger partial charge in [-0.25, -0.2) is 4.79 Å². The van der Waals surface area contributed by atoms with Crippen LogP contribution in [0.15, 0.2) is 34.9 Å². The van der Waals surface area contributed by atoms with Crippen LogP contribution in [-0.2, 0) is 10.6 Å². The van der Waals surface area contributed by atoms with E-state index in [0.717, 1.165) is 0 Å². The number of anilines is 2. The third-order valence-corrected chi connectivity index (χ3v) is 2.50. The maximum atomic E-state index is 11.4. The van der Waals surface area contributed by atoms with Gasteiger partial charge in [0.1, 0.15) is 6.26 Å². The molecule has 1 aromatic heterocycles. The molecule has 0 bridgehead atoms. The third kappa shape index (κ3) is 2.81. The van der Waals surface area contributed by atoms with Crippen LogP contribution in [0.1, 0.15) is 16.1 Å². The van der Waals surface area contributed by atoms with Gasteiger partial charge in [0.2, 0.25) is 0 Å². The highest BCUT2D eigenvalue weighted by Crippen LogP contribution is 2.18. The molecule has 94 valence electrons. The normalized spacial score (nSPS) is 10.1. The fourth-order valence-corrected chi connectivity index (χ4v) is 1.51. The summed E-state index contributed by atoms with van der Waals surface area (Å²) in [6.07, 6.45) is 1.47. The number of rotatable bonds is 4. The summed E-state index contributed by atoms with van der Waals surface area (Å²) >= 11 is 5.62. The van der Waals surface area contributed by atoms with Gasteiger partial charge in [0, 0.05) is 5.69 Å². The minimum Gasteiger partial charge on any atom is -0.465 e. The van der Waals surface area contributed by atoms with Crippen molar-refractivity contribution in [2.24, 2.45) is 0 Å². The molecule has 1 N–H and O–H groups in total. The lowest BCUT2D eigenvalue weighted by molar-refractivity contribution is 0.0601. The topological polar surface area (TPSA) is 64.4 Å². The summed E-state index contributed by atoms with van der Waals surface area (Å²) in [7, 11) is 1.34. The number of methoxy groups -OCH3 is 1. The Morgan fingerprint density at radius 2 is 2.39 bits per heavy atom. The van der Waals surface area contributed by atoms with Crippen molar-refractivity contribution >= 4 is 29.3 Å². The Morgan fingerprint density at radius 1 is 1.56 bits per heavy atom. The molecular formula is C12H11ClN2O3. The number of alkyl halides is 1. The van der Waals surface area contributed by atoms with Gasteiger partial charge in [-0.15, -0.1) is 11.6 Å². The predicted octanol–water partition coefficient (Wildman–Crippen LogP) is 2.94. The van der Waals surface area contributed by atoms with Gasteiger partial charge in [0.05, 0.1) is 24.2 Å². The highest BCUT2D eigenvalue weighted by molar-refractivity contribution is 6.16. The molecule has 5 nitrogen and oxygen atoms in total. The molecule has 0 fully saturated rings. The molecule has 0 aliphatic carbocycles. The minimum absolute atomic E-state index is 0.285. The van der Waals surface area contributed by atoms with Crippen LogP contribution < -0.4 is 5.32 Å². The lowest BCUT2D eigenvalue weighted by Crippen LogP contribution is -2.01. The summed E-state index contributed by atoms with van der Waals surface area (Å²) in [5, 5.41) is 2.93. The summed E-state index contributed by atoms with van der Waals surface area (Å²) in [5.74, 6) is -0.111. The molecule has 0 aliphatic rings. The molecule has 0 atom stereocenters. The average molecular weight is 267 g/mol. The third-order valence-electron chi connectivity index (χ3n) is 2.22. The van der Waals surface area contributed by atoms with Crippen molar-refractivity contribution in [3.63, 3.8) is 0 Å².